The zero-order chi connectivity index (χ0) is 13.2. The minimum absolute atomic E-state index is 0.115. The second-order valence-electron chi connectivity index (χ2n) is 4.39. The standard InChI is InChI=1S/C16H13NO2/c1-11-5-4-8-17-16(11)19-15-10-13-7-3-2-6-12(13)9-14(15)18/h2-10,18H,1H3. The van der Waals surface area contributed by atoms with Gasteiger partial charge in [-0.15, -0.1) is 0 Å². The molecule has 0 aliphatic carbocycles. The third-order valence-corrected chi connectivity index (χ3v) is 3.00. The van der Waals surface area contributed by atoms with Crippen molar-refractivity contribution in [2.75, 3.05) is 0 Å². The Morgan fingerprint density at radius 2 is 1.74 bits per heavy atom. The second kappa shape index (κ2) is 4.61. The summed E-state index contributed by atoms with van der Waals surface area (Å²) >= 11 is 0. The number of rotatable bonds is 2. The second-order valence-corrected chi connectivity index (χ2v) is 4.39. The summed E-state index contributed by atoms with van der Waals surface area (Å²) in [4.78, 5) is 4.16. The van der Waals surface area contributed by atoms with Crippen LogP contribution in [0.4, 0.5) is 0 Å². The van der Waals surface area contributed by atoms with Crippen molar-refractivity contribution in [2.45, 2.75) is 6.92 Å². The van der Waals surface area contributed by atoms with Gasteiger partial charge in [0.2, 0.25) is 5.88 Å². The van der Waals surface area contributed by atoms with E-state index in [9.17, 15) is 5.11 Å². The van der Waals surface area contributed by atoms with Gasteiger partial charge in [-0.25, -0.2) is 4.98 Å². The molecule has 0 unspecified atom stereocenters. The van der Waals surface area contributed by atoms with Crippen LogP contribution in [-0.2, 0) is 0 Å². The van der Waals surface area contributed by atoms with Crippen molar-refractivity contribution in [3.05, 3.63) is 60.3 Å². The van der Waals surface area contributed by atoms with E-state index in [1.807, 2.05) is 49.4 Å². The zero-order valence-corrected chi connectivity index (χ0v) is 10.5. The Bertz CT molecular complexity index is 738. The number of hydrogen-bond acceptors (Lipinski definition) is 3. The first kappa shape index (κ1) is 11.5. The average Bonchev–Trinajstić information content (AvgIpc) is 2.42. The number of phenolic OH excluding ortho intramolecular Hbond substituents is 1. The minimum atomic E-state index is 0.115. The number of benzene rings is 2. The predicted molar refractivity (Wildman–Crippen MR) is 74.7 cm³/mol. The van der Waals surface area contributed by atoms with E-state index < -0.39 is 0 Å². The van der Waals surface area contributed by atoms with Crippen LogP contribution >= 0.6 is 0 Å². The number of aryl methyl sites for hydroxylation is 1. The third-order valence-electron chi connectivity index (χ3n) is 3.00. The molecule has 0 saturated heterocycles. The minimum Gasteiger partial charge on any atom is -0.504 e. The monoisotopic (exact) mass is 251 g/mol. The molecule has 0 spiro atoms. The summed E-state index contributed by atoms with van der Waals surface area (Å²) in [5, 5.41) is 12.0. The van der Waals surface area contributed by atoms with Gasteiger partial charge in [0.05, 0.1) is 0 Å². The first-order chi connectivity index (χ1) is 9.24. The highest BCUT2D eigenvalue weighted by Gasteiger charge is 2.08. The van der Waals surface area contributed by atoms with Gasteiger partial charge < -0.3 is 9.84 Å². The van der Waals surface area contributed by atoms with E-state index in [1.54, 1.807) is 12.3 Å². The maximum atomic E-state index is 10.0. The molecule has 0 bridgehead atoms. The SMILES string of the molecule is Cc1cccnc1Oc1cc2ccccc2cc1O. The number of ether oxygens (including phenoxy) is 1. The molecule has 0 saturated carbocycles. The van der Waals surface area contributed by atoms with Crippen molar-refractivity contribution in [3.63, 3.8) is 0 Å². The molecule has 0 aliphatic rings. The molecule has 3 rings (SSSR count). The van der Waals surface area contributed by atoms with Crippen LogP contribution in [0.2, 0.25) is 0 Å². The number of fused-ring (bicyclic) bond motifs is 1. The quantitative estimate of drug-likeness (QED) is 0.747. The summed E-state index contributed by atoms with van der Waals surface area (Å²) in [6.45, 7) is 1.92. The lowest BCUT2D eigenvalue weighted by molar-refractivity contribution is 0.402. The van der Waals surface area contributed by atoms with Gasteiger partial charge >= 0.3 is 0 Å². The van der Waals surface area contributed by atoms with E-state index >= 15 is 0 Å². The molecule has 1 N–H and O–H groups in total. The lowest BCUT2D eigenvalue weighted by Gasteiger charge is -2.09. The molecule has 3 heteroatoms. The fourth-order valence-electron chi connectivity index (χ4n) is 1.97. The Labute approximate surface area is 111 Å². The highest BCUT2D eigenvalue weighted by molar-refractivity contribution is 5.86. The van der Waals surface area contributed by atoms with Crippen LogP contribution in [0.3, 0.4) is 0 Å². The zero-order valence-electron chi connectivity index (χ0n) is 10.5. The van der Waals surface area contributed by atoms with E-state index in [2.05, 4.69) is 4.98 Å². The fourth-order valence-corrected chi connectivity index (χ4v) is 1.97. The largest absolute Gasteiger partial charge is 0.504 e. The molecular formula is C16H13NO2. The molecular weight excluding hydrogens is 238 g/mol. The van der Waals surface area contributed by atoms with Gasteiger partial charge in [0.25, 0.3) is 0 Å². The summed E-state index contributed by atoms with van der Waals surface area (Å²) < 4.78 is 5.69. The molecule has 1 heterocycles. The Kier molecular flexibility index (Phi) is 2.80. The average molecular weight is 251 g/mol. The third kappa shape index (κ3) is 2.22. The summed E-state index contributed by atoms with van der Waals surface area (Å²) in [6.07, 6.45) is 1.67. The van der Waals surface area contributed by atoms with Crippen molar-refractivity contribution < 1.29 is 9.84 Å². The van der Waals surface area contributed by atoms with Crippen molar-refractivity contribution in [3.8, 4) is 17.4 Å². The topological polar surface area (TPSA) is 42.4 Å². The number of phenols is 1. The maximum Gasteiger partial charge on any atom is 0.222 e. The van der Waals surface area contributed by atoms with Gasteiger partial charge in [-0.2, -0.15) is 0 Å². The van der Waals surface area contributed by atoms with Crippen LogP contribution in [0.1, 0.15) is 5.56 Å². The van der Waals surface area contributed by atoms with Crippen molar-refractivity contribution in [1.82, 2.24) is 4.98 Å². The Hall–Kier alpha value is -2.55. The molecule has 0 amide bonds. The van der Waals surface area contributed by atoms with Crippen LogP contribution in [-0.4, -0.2) is 10.1 Å². The van der Waals surface area contributed by atoms with Crippen LogP contribution in [0, 0.1) is 6.92 Å². The van der Waals surface area contributed by atoms with E-state index in [0.29, 0.717) is 11.6 Å². The number of aromatic hydroxyl groups is 1. The van der Waals surface area contributed by atoms with E-state index in [1.165, 1.54) is 0 Å². The van der Waals surface area contributed by atoms with Gasteiger partial charge in [0.1, 0.15) is 0 Å². The highest BCUT2D eigenvalue weighted by atomic mass is 16.5. The summed E-state index contributed by atoms with van der Waals surface area (Å²) in [7, 11) is 0. The Morgan fingerprint density at radius 3 is 2.47 bits per heavy atom. The highest BCUT2D eigenvalue weighted by Crippen LogP contribution is 2.34. The lowest BCUT2D eigenvalue weighted by Crippen LogP contribution is -1.91. The Balaban J connectivity index is 2.06. The fraction of sp³-hybridized carbons (Fsp3) is 0.0625. The van der Waals surface area contributed by atoms with E-state index in [-0.39, 0.29) is 5.75 Å². The maximum absolute atomic E-state index is 10.0. The lowest BCUT2D eigenvalue weighted by atomic mass is 10.1. The molecule has 1 aromatic heterocycles. The van der Waals surface area contributed by atoms with Crippen LogP contribution in [0.15, 0.2) is 54.7 Å². The molecule has 0 aliphatic heterocycles. The normalized spacial score (nSPS) is 10.6. The van der Waals surface area contributed by atoms with Gasteiger partial charge in [-0.3, -0.25) is 0 Å². The van der Waals surface area contributed by atoms with Crippen LogP contribution < -0.4 is 4.74 Å². The molecule has 3 nitrogen and oxygen atoms in total. The van der Waals surface area contributed by atoms with Gasteiger partial charge in [-0.1, -0.05) is 30.3 Å². The molecule has 19 heavy (non-hydrogen) atoms. The smallest absolute Gasteiger partial charge is 0.222 e. The number of nitrogens with zero attached hydrogens (tertiary/aromatic N) is 1. The van der Waals surface area contributed by atoms with Crippen LogP contribution in [0.25, 0.3) is 10.8 Å². The van der Waals surface area contributed by atoms with Gasteiger partial charge in [0, 0.05) is 11.8 Å². The van der Waals surface area contributed by atoms with Crippen molar-refractivity contribution >= 4 is 10.8 Å². The van der Waals surface area contributed by atoms with Gasteiger partial charge in [-0.05, 0) is 35.9 Å². The molecule has 3 aromatic rings. The number of hydrogen-bond donors (Lipinski definition) is 1. The summed E-state index contributed by atoms with van der Waals surface area (Å²) in [5.41, 5.74) is 0.926. The molecule has 0 fully saturated rings. The summed E-state index contributed by atoms with van der Waals surface area (Å²) in [6, 6.07) is 15.1. The first-order valence-corrected chi connectivity index (χ1v) is 6.05. The number of aromatic nitrogens is 1. The summed E-state index contributed by atoms with van der Waals surface area (Å²) in [5.74, 6) is 1.04. The molecule has 0 radical (unpaired) electrons. The number of pyridine rings is 1. The van der Waals surface area contributed by atoms with Crippen molar-refractivity contribution in [2.24, 2.45) is 0 Å². The van der Waals surface area contributed by atoms with E-state index in [0.717, 1.165) is 16.3 Å². The van der Waals surface area contributed by atoms with Crippen LogP contribution in [0.5, 0.6) is 17.4 Å². The molecule has 2 aromatic carbocycles. The Morgan fingerprint density at radius 1 is 1.00 bits per heavy atom. The molecule has 0 atom stereocenters. The van der Waals surface area contributed by atoms with E-state index in [4.69, 9.17) is 4.74 Å². The predicted octanol–water partition coefficient (Wildman–Crippen LogP) is 4.04. The molecule has 94 valence electrons. The first-order valence-electron chi connectivity index (χ1n) is 6.05. The van der Waals surface area contributed by atoms with Crippen molar-refractivity contribution in [1.29, 1.82) is 0 Å². The van der Waals surface area contributed by atoms with Gasteiger partial charge in [0.15, 0.2) is 11.5 Å².